The predicted octanol–water partition coefficient (Wildman–Crippen LogP) is 3.26. The van der Waals surface area contributed by atoms with Crippen LogP contribution in [0.5, 0.6) is 0 Å². The quantitative estimate of drug-likeness (QED) is 0.813. The smallest absolute Gasteiger partial charge is 0.226 e. The second kappa shape index (κ2) is 7.37. The molecule has 1 heterocycles. The second-order valence-electron chi connectivity index (χ2n) is 4.59. The third kappa shape index (κ3) is 5.77. The van der Waals surface area contributed by atoms with Crippen molar-refractivity contribution in [1.82, 2.24) is 10.2 Å². The summed E-state index contributed by atoms with van der Waals surface area (Å²) in [5.74, 6) is 0.590. The van der Waals surface area contributed by atoms with Crippen molar-refractivity contribution in [2.45, 2.75) is 52.9 Å². The largest absolute Gasteiger partial charge is 0.301 e. The molecule has 0 saturated heterocycles. The van der Waals surface area contributed by atoms with Gasteiger partial charge in [0.1, 0.15) is 5.01 Å². The van der Waals surface area contributed by atoms with Crippen LogP contribution in [0.15, 0.2) is 0 Å². The summed E-state index contributed by atoms with van der Waals surface area (Å²) in [6, 6.07) is 0. The number of carbonyl (C=O) groups is 1. The van der Waals surface area contributed by atoms with E-state index in [2.05, 4.69) is 36.3 Å². The number of hydrogen-bond donors (Lipinski definition) is 1. The van der Waals surface area contributed by atoms with Gasteiger partial charge in [-0.15, -0.1) is 10.2 Å². The molecule has 4 nitrogen and oxygen atoms in total. The topological polar surface area (TPSA) is 54.9 Å². The molecule has 0 spiro atoms. The molecular weight excluding hydrogens is 234 g/mol. The maximum atomic E-state index is 11.6. The molecule has 0 bridgehead atoms. The zero-order valence-corrected chi connectivity index (χ0v) is 11.6. The number of nitrogens with one attached hydrogen (secondary N) is 1. The Morgan fingerprint density at radius 1 is 1.41 bits per heavy atom. The molecule has 1 amide bonds. The van der Waals surface area contributed by atoms with E-state index in [4.69, 9.17) is 0 Å². The summed E-state index contributed by atoms with van der Waals surface area (Å²) in [6.45, 7) is 6.37. The van der Waals surface area contributed by atoms with Crippen LogP contribution in [0.25, 0.3) is 0 Å². The Labute approximate surface area is 107 Å². The van der Waals surface area contributed by atoms with Crippen molar-refractivity contribution in [3.63, 3.8) is 0 Å². The second-order valence-corrected chi connectivity index (χ2v) is 5.65. The SMILES string of the molecule is CCCCc1nnc(NC(=O)CCC(C)C)s1. The molecule has 0 saturated carbocycles. The van der Waals surface area contributed by atoms with E-state index in [1.54, 1.807) is 0 Å². The zero-order valence-electron chi connectivity index (χ0n) is 10.8. The summed E-state index contributed by atoms with van der Waals surface area (Å²) < 4.78 is 0. The average molecular weight is 255 g/mol. The number of carbonyl (C=O) groups excluding carboxylic acids is 1. The van der Waals surface area contributed by atoms with Gasteiger partial charge in [0.25, 0.3) is 0 Å². The molecule has 1 N–H and O–H groups in total. The van der Waals surface area contributed by atoms with Crippen molar-refractivity contribution in [3.05, 3.63) is 5.01 Å². The molecular formula is C12H21N3OS. The van der Waals surface area contributed by atoms with Crippen molar-refractivity contribution in [2.75, 3.05) is 5.32 Å². The van der Waals surface area contributed by atoms with E-state index in [1.807, 2.05) is 0 Å². The van der Waals surface area contributed by atoms with Gasteiger partial charge in [0, 0.05) is 12.8 Å². The number of anilines is 1. The number of nitrogens with zero attached hydrogens (tertiary/aromatic N) is 2. The maximum absolute atomic E-state index is 11.6. The lowest BCUT2D eigenvalue weighted by Crippen LogP contribution is -2.11. The minimum atomic E-state index is 0.0388. The molecule has 1 aromatic heterocycles. The lowest BCUT2D eigenvalue weighted by Gasteiger charge is -2.03. The first kappa shape index (κ1) is 14.1. The summed E-state index contributed by atoms with van der Waals surface area (Å²) in [5.41, 5.74) is 0. The normalized spacial score (nSPS) is 10.8. The van der Waals surface area contributed by atoms with Gasteiger partial charge in [0.15, 0.2) is 0 Å². The average Bonchev–Trinajstić information content (AvgIpc) is 2.71. The molecule has 5 heteroatoms. The number of rotatable bonds is 7. The Bertz CT molecular complexity index is 349. The first-order chi connectivity index (χ1) is 8.11. The Balaban J connectivity index is 2.35. The fourth-order valence-electron chi connectivity index (χ4n) is 1.33. The third-order valence-electron chi connectivity index (χ3n) is 2.41. The van der Waals surface area contributed by atoms with Crippen LogP contribution in [0, 0.1) is 5.92 Å². The minimum Gasteiger partial charge on any atom is -0.301 e. The van der Waals surface area contributed by atoms with Gasteiger partial charge in [-0.1, -0.05) is 38.5 Å². The highest BCUT2D eigenvalue weighted by Gasteiger charge is 2.08. The number of unbranched alkanes of at least 4 members (excludes halogenated alkanes) is 1. The highest BCUT2D eigenvalue weighted by atomic mass is 32.1. The van der Waals surface area contributed by atoms with Crippen molar-refractivity contribution < 1.29 is 4.79 Å². The molecule has 0 radical (unpaired) electrons. The van der Waals surface area contributed by atoms with Gasteiger partial charge in [-0.2, -0.15) is 0 Å². The first-order valence-corrected chi connectivity index (χ1v) is 7.05. The van der Waals surface area contributed by atoms with Crippen LogP contribution in [0.3, 0.4) is 0 Å². The predicted molar refractivity (Wildman–Crippen MR) is 71.2 cm³/mol. The number of amides is 1. The lowest BCUT2D eigenvalue weighted by atomic mass is 10.1. The third-order valence-corrected chi connectivity index (χ3v) is 3.30. The van der Waals surface area contributed by atoms with Gasteiger partial charge in [0.2, 0.25) is 11.0 Å². The van der Waals surface area contributed by atoms with Gasteiger partial charge >= 0.3 is 0 Å². The highest BCUT2D eigenvalue weighted by molar-refractivity contribution is 7.15. The monoisotopic (exact) mass is 255 g/mol. The van der Waals surface area contributed by atoms with Crippen LogP contribution in [-0.2, 0) is 11.2 Å². The fraction of sp³-hybridized carbons (Fsp3) is 0.750. The molecule has 17 heavy (non-hydrogen) atoms. The molecule has 0 fully saturated rings. The van der Waals surface area contributed by atoms with Crippen molar-refractivity contribution in [1.29, 1.82) is 0 Å². The highest BCUT2D eigenvalue weighted by Crippen LogP contribution is 2.17. The molecule has 0 aliphatic carbocycles. The van der Waals surface area contributed by atoms with E-state index in [0.717, 1.165) is 30.7 Å². The summed E-state index contributed by atoms with van der Waals surface area (Å²) in [4.78, 5) is 11.6. The van der Waals surface area contributed by atoms with Gasteiger partial charge in [-0.3, -0.25) is 4.79 Å². The summed E-state index contributed by atoms with van der Waals surface area (Å²) >= 11 is 1.48. The van der Waals surface area contributed by atoms with E-state index < -0.39 is 0 Å². The molecule has 1 aromatic rings. The molecule has 0 unspecified atom stereocenters. The van der Waals surface area contributed by atoms with Gasteiger partial charge in [0.05, 0.1) is 0 Å². The van der Waals surface area contributed by atoms with Gasteiger partial charge in [-0.25, -0.2) is 0 Å². The van der Waals surface area contributed by atoms with E-state index in [0.29, 0.717) is 17.5 Å². The van der Waals surface area contributed by atoms with Crippen LogP contribution >= 0.6 is 11.3 Å². The van der Waals surface area contributed by atoms with E-state index in [-0.39, 0.29) is 5.91 Å². The summed E-state index contributed by atoms with van der Waals surface area (Å²) in [6.07, 6.45) is 4.69. The number of hydrogen-bond acceptors (Lipinski definition) is 4. The van der Waals surface area contributed by atoms with Crippen molar-refractivity contribution in [2.24, 2.45) is 5.92 Å². The van der Waals surface area contributed by atoms with E-state index >= 15 is 0 Å². The molecule has 0 atom stereocenters. The van der Waals surface area contributed by atoms with Gasteiger partial charge in [-0.05, 0) is 18.8 Å². The minimum absolute atomic E-state index is 0.0388. The molecule has 0 aromatic carbocycles. The fourth-order valence-corrected chi connectivity index (χ4v) is 2.13. The van der Waals surface area contributed by atoms with E-state index in [9.17, 15) is 4.79 Å². The van der Waals surface area contributed by atoms with Crippen LogP contribution in [-0.4, -0.2) is 16.1 Å². The molecule has 96 valence electrons. The molecule has 0 aliphatic rings. The Morgan fingerprint density at radius 3 is 2.82 bits per heavy atom. The van der Waals surface area contributed by atoms with Crippen LogP contribution < -0.4 is 5.32 Å². The lowest BCUT2D eigenvalue weighted by molar-refractivity contribution is -0.116. The number of aryl methyl sites for hydroxylation is 1. The zero-order chi connectivity index (χ0) is 12.7. The van der Waals surface area contributed by atoms with Crippen LogP contribution in [0.1, 0.15) is 51.5 Å². The van der Waals surface area contributed by atoms with Crippen molar-refractivity contribution in [3.8, 4) is 0 Å². The molecule has 1 rings (SSSR count). The molecule has 0 aliphatic heterocycles. The van der Waals surface area contributed by atoms with Gasteiger partial charge < -0.3 is 5.32 Å². The Kier molecular flexibility index (Phi) is 6.11. The number of aromatic nitrogens is 2. The summed E-state index contributed by atoms with van der Waals surface area (Å²) in [5, 5.41) is 12.5. The standard InChI is InChI=1S/C12H21N3OS/c1-4-5-6-11-14-15-12(17-11)13-10(16)8-7-9(2)3/h9H,4-8H2,1-3H3,(H,13,15,16). The summed E-state index contributed by atoms with van der Waals surface area (Å²) in [7, 11) is 0. The van der Waals surface area contributed by atoms with Crippen LogP contribution in [0.4, 0.5) is 5.13 Å². The first-order valence-electron chi connectivity index (χ1n) is 6.24. The Hall–Kier alpha value is -0.970. The van der Waals surface area contributed by atoms with Crippen LogP contribution in [0.2, 0.25) is 0 Å². The maximum Gasteiger partial charge on any atom is 0.226 e. The van der Waals surface area contributed by atoms with Crippen molar-refractivity contribution >= 4 is 22.4 Å². The van der Waals surface area contributed by atoms with E-state index in [1.165, 1.54) is 11.3 Å². The Morgan fingerprint density at radius 2 is 2.18 bits per heavy atom.